The van der Waals surface area contributed by atoms with Crippen LogP contribution in [0, 0.1) is 5.82 Å². The van der Waals surface area contributed by atoms with E-state index >= 15 is 0 Å². The van der Waals surface area contributed by atoms with Crippen molar-refractivity contribution < 1.29 is 13.9 Å². The standard InChI is InChI=1S/C18H24FN5O2/c1-18(2,3)26-17(25)24-9-7-23(8-10-24)13-5-6-14(15(19)11-13)16-20-12-22(4)21-16/h5-6,11-12H,7-10H2,1-4H3. The Hall–Kier alpha value is -2.64. The predicted molar refractivity (Wildman–Crippen MR) is 96.4 cm³/mol. The van der Waals surface area contributed by atoms with E-state index in [1.807, 2.05) is 26.8 Å². The van der Waals surface area contributed by atoms with Crippen molar-refractivity contribution in [1.29, 1.82) is 0 Å². The summed E-state index contributed by atoms with van der Waals surface area (Å²) >= 11 is 0. The van der Waals surface area contributed by atoms with Crippen LogP contribution in [0.1, 0.15) is 20.8 Å². The van der Waals surface area contributed by atoms with Crippen LogP contribution in [0.3, 0.4) is 0 Å². The predicted octanol–water partition coefficient (Wildman–Crippen LogP) is 2.68. The van der Waals surface area contributed by atoms with Crippen LogP contribution in [0.2, 0.25) is 0 Å². The Morgan fingerprint density at radius 2 is 1.88 bits per heavy atom. The number of ether oxygens (including phenoxy) is 1. The van der Waals surface area contributed by atoms with E-state index in [9.17, 15) is 9.18 Å². The number of amides is 1. The summed E-state index contributed by atoms with van der Waals surface area (Å²) in [6.07, 6.45) is 1.23. The first kappa shape index (κ1) is 18.2. The number of piperazine rings is 1. The van der Waals surface area contributed by atoms with E-state index in [4.69, 9.17) is 4.74 Å². The Balaban J connectivity index is 1.65. The van der Waals surface area contributed by atoms with E-state index in [1.165, 1.54) is 6.07 Å². The second kappa shape index (κ2) is 6.93. The van der Waals surface area contributed by atoms with Crippen molar-refractivity contribution in [2.45, 2.75) is 26.4 Å². The van der Waals surface area contributed by atoms with Gasteiger partial charge in [0.05, 0.1) is 5.56 Å². The van der Waals surface area contributed by atoms with E-state index < -0.39 is 5.60 Å². The topological polar surface area (TPSA) is 63.5 Å². The number of hydrogen-bond acceptors (Lipinski definition) is 5. The molecule has 0 bridgehead atoms. The summed E-state index contributed by atoms with van der Waals surface area (Å²) in [5.74, 6) is 0.00886. The van der Waals surface area contributed by atoms with Crippen molar-refractivity contribution >= 4 is 11.8 Å². The summed E-state index contributed by atoms with van der Waals surface area (Å²) in [6, 6.07) is 5.05. The average molecular weight is 361 g/mol. The molecular weight excluding hydrogens is 337 g/mol. The first-order valence-corrected chi connectivity index (χ1v) is 8.61. The molecule has 0 radical (unpaired) electrons. The molecule has 0 aliphatic carbocycles. The molecule has 7 nitrogen and oxygen atoms in total. The molecule has 1 aliphatic rings. The third kappa shape index (κ3) is 4.12. The number of hydrogen-bond donors (Lipinski definition) is 0. The van der Waals surface area contributed by atoms with Crippen LogP contribution in [0.25, 0.3) is 11.4 Å². The van der Waals surface area contributed by atoms with Gasteiger partial charge in [-0.05, 0) is 39.0 Å². The quantitative estimate of drug-likeness (QED) is 0.823. The number of aryl methyl sites for hydroxylation is 1. The van der Waals surface area contributed by atoms with Crippen molar-refractivity contribution in [3.05, 3.63) is 30.3 Å². The molecule has 0 atom stereocenters. The van der Waals surface area contributed by atoms with Gasteiger partial charge in [-0.25, -0.2) is 14.2 Å². The Bertz CT molecular complexity index is 791. The van der Waals surface area contributed by atoms with Crippen LogP contribution in [0.4, 0.5) is 14.9 Å². The van der Waals surface area contributed by atoms with Crippen LogP contribution in [0.15, 0.2) is 24.5 Å². The lowest BCUT2D eigenvalue weighted by Gasteiger charge is -2.36. The molecule has 2 heterocycles. The molecule has 1 amide bonds. The summed E-state index contributed by atoms with van der Waals surface area (Å²) < 4.78 is 21.4. The van der Waals surface area contributed by atoms with Gasteiger partial charge in [-0.1, -0.05) is 0 Å². The molecule has 26 heavy (non-hydrogen) atoms. The van der Waals surface area contributed by atoms with Crippen LogP contribution in [-0.4, -0.2) is 57.5 Å². The number of anilines is 1. The molecule has 0 saturated carbocycles. The molecular formula is C18H24FN5O2. The number of carbonyl (C=O) groups excluding carboxylic acids is 1. The minimum atomic E-state index is -0.507. The second-order valence-corrected chi connectivity index (χ2v) is 7.36. The fraction of sp³-hybridized carbons (Fsp3) is 0.500. The average Bonchev–Trinajstić information content (AvgIpc) is 2.99. The molecule has 3 rings (SSSR count). The van der Waals surface area contributed by atoms with Gasteiger partial charge in [0, 0.05) is 38.9 Å². The normalized spacial score (nSPS) is 15.3. The molecule has 1 aromatic carbocycles. The van der Waals surface area contributed by atoms with Crippen LogP contribution >= 0.6 is 0 Å². The molecule has 2 aromatic rings. The SMILES string of the molecule is Cn1cnc(-c2ccc(N3CCN(C(=O)OC(C)(C)C)CC3)cc2F)n1. The van der Waals surface area contributed by atoms with Gasteiger partial charge in [0.1, 0.15) is 17.7 Å². The first-order valence-electron chi connectivity index (χ1n) is 8.61. The van der Waals surface area contributed by atoms with Gasteiger partial charge < -0.3 is 14.5 Å². The van der Waals surface area contributed by atoms with Crippen molar-refractivity contribution in [1.82, 2.24) is 19.7 Å². The number of nitrogens with zero attached hydrogens (tertiary/aromatic N) is 5. The lowest BCUT2D eigenvalue weighted by molar-refractivity contribution is 0.0240. The molecule has 1 saturated heterocycles. The number of benzene rings is 1. The molecule has 1 fully saturated rings. The number of rotatable bonds is 2. The van der Waals surface area contributed by atoms with Gasteiger partial charge in [-0.15, -0.1) is 0 Å². The van der Waals surface area contributed by atoms with Gasteiger partial charge in [0.15, 0.2) is 5.82 Å². The maximum Gasteiger partial charge on any atom is 0.410 e. The molecule has 0 unspecified atom stereocenters. The maximum atomic E-state index is 14.5. The summed E-state index contributed by atoms with van der Waals surface area (Å²) in [4.78, 5) is 20.0. The Labute approximate surface area is 152 Å². The highest BCUT2D eigenvalue weighted by Crippen LogP contribution is 2.25. The lowest BCUT2D eigenvalue weighted by Crippen LogP contribution is -2.50. The van der Waals surface area contributed by atoms with Gasteiger partial charge in [-0.2, -0.15) is 5.10 Å². The largest absolute Gasteiger partial charge is 0.444 e. The minimum Gasteiger partial charge on any atom is -0.444 e. The molecule has 1 aliphatic heterocycles. The molecule has 8 heteroatoms. The van der Waals surface area contributed by atoms with Crippen molar-refractivity contribution in [3.8, 4) is 11.4 Å². The molecule has 0 spiro atoms. The summed E-state index contributed by atoms with van der Waals surface area (Å²) in [5, 5.41) is 4.14. The monoisotopic (exact) mass is 361 g/mol. The van der Waals surface area contributed by atoms with E-state index in [1.54, 1.807) is 29.0 Å². The molecule has 140 valence electrons. The zero-order valence-corrected chi connectivity index (χ0v) is 15.6. The second-order valence-electron chi connectivity index (χ2n) is 7.36. The Morgan fingerprint density at radius 3 is 2.42 bits per heavy atom. The zero-order valence-electron chi connectivity index (χ0n) is 15.6. The van der Waals surface area contributed by atoms with Gasteiger partial charge in [-0.3, -0.25) is 4.68 Å². The fourth-order valence-electron chi connectivity index (χ4n) is 2.82. The smallest absolute Gasteiger partial charge is 0.410 e. The lowest BCUT2D eigenvalue weighted by atomic mass is 10.1. The molecule has 0 N–H and O–H groups in total. The highest BCUT2D eigenvalue weighted by atomic mass is 19.1. The van der Waals surface area contributed by atoms with Crippen LogP contribution in [0.5, 0.6) is 0 Å². The summed E-state index contributed by atoms with van der Waals surface area (Å²) in [5.41, 5.74) is 0.653. The van der Waals surface area contributed by atoms with Gasteiger partial charge in [0.2, 0.25) is 0 Å². The van der Waals surface area contributed by atoms with Gasteiger partial charge >= 0.3 is 6.09 Å². The van der Waals surface area contributed by atoms with Crippen molar-refractivity contribution in [2.75, 3.05) is 31.1 Å². The number of halogens is 1. The third-order valence-electron chi connectivity index (χ3n) is 4.09. The Morgan fingerprint density at radius 1 is 1.19 bits per heavy atom. The van der Waals surface area contributed by atoms with E-state index in [2.05, 4.69) is 15.0 Å². The van der Waals surface area contributed by atoms with Crippen molar-refractivity contribution in [3.63, 3.8) is 0 Å². The number of carbonyl (C=O) groups is 1. The Kier molecular flexibility index (Phi) is 4.84. The third-order valence-corrected chi connectivity index (χ3v) is 4.09. The maximum absolute atomic E-state index is 14.5. The van der Waals surface area contributed by atoms with Crippen LogP contribution < -0.4 is 4.90 Å². The summed E-state index contributed by atoms with van der Waals surface area (Å²) in [7, 11) is 1.74. The van der Waals surface area contributed by atoms with Gasteiger partial charge in [0.25, 0.3) is 0 Å². The van der Waals surface area contributed by atoms with E-state index in [0.717, 1.165) is 5.69 Å². The molecule has 1 aromatic heterocycles. The first-order chi connectivity index (χ1) is 12.2. The number of aromatic nitrogens is 3. The van der Waals surface area contributed by atoms with E-state index in [-0.39, 0.29) is 11.9 Å². The van der Waals surface area contributed by atoms with Crippen molar-refractivity contribution in [2.24, 2.45) is 7.05 Å². The van der Waals surface area contributed by atoms with Crippen LogP contribution in [-0.2, 0) is 11.8 Å². The highest BCUT2D eigenvalue weighted by molar-refractivity contribution is 5.69. The fourth-order valence-corrected chi connectivity index (χ4v) is 2.82. The van der Waals surface area contributed by atoms with E-state index in [0.29, 0.717) is 37.6 Å². The minimum absolute atomic E-state index is 0.306. The zero-order chi connectivity index (χ0) is 18.9. The summed E-state index contributed by atoms with van der Waals surface area (Å²) in [6.45, 7) is 7.88. The highest BCUT2D eigenvalue weighted by Gasteiger charge is 2.26.